The van der Waals surface area contributed by atoms with Crippen LogP contribution in [0.3, 0.4) is 0 Å². The van der Waals surface area contributed by atoms with Gasteiger partial charge in [-0.1, -0.05) is 48.5 Å². The maximum atomic E-state index is 13.4. The molecule has 0 bridgehead atoms. The van der Waals surface area contributed by atoms with Crippen LogP contribution < -0.4 is 15.1 Å². The Morgan fingerprint density at radius 1 is 1.00 bits per heavy atom. The number of amides is 1. The summed E-state index contributed by atoms with van der Waals surface area (Å²) < 4.78 is 0. The number of fused-ring (bicyclic) bond motifs is 3. The van der Waals surface area contributed by atoms with Gasteiger partial charge in [-0.3, -0.25) is 14.9 Å². The molecule has 0 radical (unpaired) electrons. The van der Waals surface area contributed by atoms with Crippen LogP contribution in [0.25, 0.3) is 0 Å². The Balaban J connectivity index is 1.39. The molecule has 1 fully saturated rings. The Kier molecular flexibility index (Phi) is 6.16. The zero-order valence-electron chi connectivity index (χ0n) is 19.0. The molecule has 2 aliphatic heterocycles. The third-order valence-corrected chi connectivity index (χ3v) is 6.92. The maximum Gasteiger partial charge on any atom is 0.269 e. The number of hydrogen-bond donors (Lipinski definition) is 1. The number of para-hydroxylation sites is 1. The van der Waals surface area contributed by atoms with E-state index < -0.39 is 0 Å². The monoisotopic (exact) mass is 456 g/mol. The number of hydrogen-bond acceptors (Lipinski definition) is 5. The van der Waals surface area contributed by atoms with Crippen LogP contribution >= 0.6 is 0 Å². The normalized spacial score (nSPS) is 19.2. The Morgan fingerprint density at radius 3 is 2.47 bits per heavy atom. The largest absolute Gasteiger partial charge is 0.368 e. The van der Waals surface area contributed by atoms with E-state index in [1.807, 2.05) is 42.5 Å². The van der Waals surface area contributed by atoms with Crippen molar-refractivity contribution in [2.24, 2.45) is 5.92 Å². The number of nitrogens with one attached hydrogen (secondary N) is 1. The summed E-state index contributed by atoms with van der Waals surface area (Å²) >= 11 is 0. The quantitative estimate of drug-likeness (QED) is 0.451. The molecule has 0 unspecified atom stereocenters. The van der Waals surface area contributed by atoms with E-state index in [1.165, 1.54) is 5.56 Å². The number of nitrogens with zero attached hydrogens (tertiary/aromatic N) is 3. The SMILES string of the molecule is O=C(NCCc1ccccc1)[C@@H]1Cc2cc([N+](=O)[O-])ccc2N2CCN(c3ccccc3)C[C@@H]12. The maximum absolute atomic E-state index is 13.4. The van der Waals surface area contributed by atoms with Crippen LogP contribution in [0.2, 0.25) is 0 Å². The number of rotatable bonds is 6. The summed E-state index contributed by atoms with van der Waals surface area (Å²) in [5.41, 5.74) is 4.30. The summed E-state index contributed by atoms with van der Waals surface area (Å²) in [6.07, 6.45) is 1.27. The van der Waals surface area contributed by atoms with Gasteiger partial charge in [0.05, 0.1) is 16.9 Å². The zero-order chi connectivity index (χ0) is 23.5. The minimum absolute atomic E-state index is 0.000336. The molecule has 1 amide bonds. The fourth-order valence-electron chi connectivity index (χ4n) is 5.20. The minimum atomic E-state index is -0.366. The fourth-order valence-corrected chi connectivity index (χ4v) is 5.20. The average molecular weight is 457 g/mol. The zero-order valence-corrected chi connectivity index (χ0v) is 19.0. The Hall–Kier alpha value is -3.87. The summed E-state index contributed by atoms with van der Waals surface area (Å²) in [7, 11) is 0. The highest BCUT2D eigenvalue weighted by atomic mass is 16.6. The lowest BCUT2D eigenvalue weighted by Gasteiger charge is -2.49. The number of non-ortho nitro benzene ring substituents is 1. The second-order valence-corrected chi connectivity index (χ2v) is 8.95. The van der Waals surface area contributed by atoms with Gasteiger partial charge in [0.1, 0.15) is 0 Å². The third-order valence-electron chi connectivity index (χ3n) is 6.92. The molecule has 34 heavy (non-hydrogen) atoms. The third kappa shape index (κ3) is 4.46. The molecular weight excluding hydrogens is 428 g/mol. The molecule has 0 saturated carbocycles. The summed E-state index contributed by atoms with van der Waals surface area (Å²) in [5.74, 6) is -0.269. The molecule has 3 aromatic carbocycles. The van der Waals surface area contributed by atoms with Crippen molar-refractivity contribution in [2.75, 3.05) is 36.0 Å². The van der Waals surface area contributed by atoms with E-state index in [0.717, 1.165) is 43.0 Å². The van der Waals surface area contributed by atoms with E-state index in [0.29, 0.717) is 13.0 Å². The second kappa shape index (κ2) is 9.55. The Bertz CT molecular complexity index is 1170. The number of benzene rings is 3. The topological polar surface area (TPSA) is 78.7 Å². The summed E-state index contributed by atoms with van der Waals surface area (Å²) in [4.78, 5) is 29.0. The summed E-state index contributed by atoms with van der Waals surface area (Å²) in [6, 6.07) is 25.4. The van der Waals surface area contributed by atoms with Crippen LogP contribution in [0, 0.1) is 16.0 Å². The summed E-state index contributed by atoms with van der Waals surface area (Å²) in [5, 5.41) is 14.5. The van der Waals surface area contributed by atoms with Gasteiger partial charge in [-0.25, -0.2) is 0 Å². The Morgan fingerprint density at radius 2 is 1.74 bits per heavy atom. The van der Waals surface area contributed by atoms with Crippen LogP contribution in [0.5, 0.6) is 0 Å². The highest BCUT2D eigenvalue weighted by Gasteiger charge is 2.42. The molecular formula is C27H28N4O3. The van der Waals surface area contributed by atoms with Gasteiger partial charge in [0, 0.05) is 49.7 Å². The molecule has 5 rings (SSSR count). The van der Waals surface area contributed by atoms with E-state index in [9.17, 15) is 14.9 Å². The number of anilines is 2. The van der Waals surface area contributed by atoms with Crippen LogP contribution in [-0.4, -0.2) is 43.1 Å². The minimum Gasteiger partial charge on any atom is -0.368 e. The van der Waals surface area contributed by atoms with Crippen molar-refractivity contribution in [1.82, 2.24) is 5.32 Å². The van der Waals surface area contributed by atoms with Gasteiger partial charge in [0.25, 0.3) is 5.69 Å². The standard InChI is InChI=1S/C27H28N4O3/c32-27(28-14-13-20-7-3-1-4-8-20)24-18-21-17-23(31(33)34)11-12-25(21)30-16-15-29(19-26(24)30)22-9-5-2-6-10-22/h1-12,17,24,26H,13-16,18-19H2,(H,28,32)/t24-,26+/m1/s1. The first-order chi connectivity index (χ1) is 16.6. The lowest BCUT2D eigenvalue weighted by Crippen LogP contribution is -2.61. The lowest BCUT2D eigenvalue weighted by molar-refractivity contribution is -0.384. The molecule has 7 heteroatoms. The molecule has 0 aromatic heterocycles. The van der Waals surface area contributed by atoms with Crippen molar-refractivity contribution in [2.45, 2.75) is 18.9 Å². The first kappa shape index (κ1) is 21.9. The van der Waals surface area contributed by atoms with E-state index in [4.69, 9.17) is 0 Å². The van der Waals surface area contributed by atoms with Gasteiger partial charge in [-0.05, 0) is 42.2 Å². The van der Waals surface area contributed by atoms with Gasteiger partial charge < -0.3 is 15.1 Å². The molecule has 7 nitrogen and oxygen atoms in total. The first-order valence-electron chi connectivity index (χ1n) is 11.8. The Labute approximate surface area is 199 Å². The highest BCUT2D eigenvalue weighted by Crippen LogP contribution is 2.38. The van der Waals surface area contributed by atoms with Gasteiger partial charge in [0.2, 0.25) is 5.91 Å². The molecule has 1 N–H and O–H groups in total. The number of nitro benzene ring substituents is 1. The molecule has 3 aromatic rings. The van der Waals surface area contributed by atoms with Gasteiger partial charge in [0.15, 0.2) is 0 Å². The lowest BCUT2D eigenvalue weighted by atomic mass is 9.83. The van der Waals surface area contributed by atoms with E-state index in [1.54, 1.807) is 12.1 Å². The van der Waals surface area contributed by atoms with Crippen LogP contribution in [0.4, 0.5) is 17.1 Å². The molecule has 174 valence electrons. The van der Waals surface area contributed by atoms with Gasteiger partial charge >= 0.3 is 0 Å². The van der Waals surface area contributed by atoms with Crippen molar-refractivity contribution < 1.29 is 9.72 Å². The molecule has 0 aliphatic carbocycles. The van der Waals surface area contributed by atoms with Crippen LogP contribution in [0.1, 0.15) is 11.1 Å². The molecule has 0 spiro atoms. The van der Waals surface area contributed by atoms with Gasteiger partial charge in [-0.2, -0.15) is 0 Å². The van der Waals surface area contributed by atoms with Crippen molar-refractivity contribution in [3.8, 4) is 0 Å². The average Bonchev–Trinajstić information content (AvgIpc) is 2.88. The molecule has 2 heterocycles. The van der Waals surface area contributed by atoms with E-state index in [2.05, 4.69) is 39.4 Å². The van der Waals surface area contributed by atoms with Crippen molar-refractivity contribution in [3.05, 3.63) is 100 Å². The molecule has 1 saturated heterocycles. The second-order valence-electron chi connectivity index (χ2n) is 8.95. The van der Waals surface area contributed by atoms with Crippen molar-refractivity contribution >= 4 is 23.0 Å². The van der Waals surface area contributed by atoms with Crippen molar-refractivity contribution in [1.29, 1.82) is 0 Å². The number of piperazine rings is 1. The molecule has 2 aliphatic rings. The number of carbonyl (C=O) groups excluding carboxylic acids is 1. The predicted octanol–water partition coefficient (Wildman–Crippen LogP) is 3.82. The molecule has 2 atom stereocenters. The first-order valence-corrected chi connectivity index (χ1v) is 11.8. The van der Waals surface area contributed by atoms with E-state index >= 15 is 0 Å². The van der Waals surface area contributed by atoms with E-state index in [-0.39, 0.29) is 28.5 Å². The fraction of sp³-hybridized carbons (Fsp3) is 0.296. The summed E-state index contributed by atoms with van der Waals surface area (Å²) in [6.45, 7) is 2.89. The predicted molar refractivity (Wildman–Crippen MR) is 133 cm³/mol. The number of nitro groups is 1. The number of carbonyl (C=O) groups is 1. The van der Waals surface area contributed by atoms with Crippen LogP contribution in [-0.2, 0) is 17.6 Å². The van der Waals surface area contributed by atoms with Crippen LogP contribution in [0.15, 0.2) is 78.9 Å². The van der Waals surface area contributed by atoms with Gasteiger partial charge in [-0.15, -0.1) is 0 Å². The van der Waals surface area contributed by atoms with Crippen molar-refractivity contribution in [3.63, 3.8) is 0 Å². The smallest absolute Gasteiger partial charge is 0.269 e. The highest BCUT2D eigenvalue weighted by molar-refractivity contribution is 5.82.